The summed E-state index contributed by atoms with van der Waals surface area (Å²) in [7, 11) is 0. The van der Waals surface area contributed by atoms with Crippen LogP contribution in [-0.4, -0.2) is 41.8 Å². The molecule has 2 aliphatic rings. The van der Waals surface area contributed by atoms with Crippen molar-refractivity contribution in [2.75, 3.05) is 19.6 Å². The van der Waals surface area contributed by atoms with Gasteiger partial charge in [-0.25, -0.2) is 0 Å². The zero-order valence-electron chi connectivity index (χ0n) is 10.3. The molecule has 3 nitrogen and oxygen atoms in total. The van der Waals surface area contributed by atoms with Crippen LogP contribution in [0.25, 0.3) is 0 Å². The Kier molecular flexibility index (Phi) is 4.62. The van der Waals surface area contributed by atoms with Gasteiger partial charge < -0.3 is 10.8 Å². The predicted octanol–water partition coefficient (Wildman–Crippen LogP) is 1.35. The molecular weight excluding hydrogens is 200 g/mol. The van der Waals surface area contributed by atoms with Gasteiger partial charge in [0, 0.05) is 19.1 Å². The minimum atomic E-state index is -0.329. The number of hydrogen-bond acceptors (Lipinski definition) is 3. The molecule has 0 aromatic rings. The maximum Gasteiger partial charge on any atom is 0.0789 e. The van der Waals surface area contributed by atoms with Gasteiger partial charge in [-0.15, -0.1) is 0 Å². The molecule has 1 saturated carbocycles. The van der Waals surface area contributed by atoms with Gasteiger partial charge in [0.15, 0.2) is 0 Å². The smallest absolute Gasteiger partial charge is 0.0789 e. The number of aliphatic hydroxyl groups is 1. The Bertz CT molecular complexity index is 204. The van der Waals surface area contributed by atoms with E-state index in [-0.39, 0.29) is 6.10 Å². The zero-order valence-corrected chi connectivity index (χ0v) is 10.3. The van der Waals surface area contributed by atoms with Crippen molar-refractivity contribution < 1.29 is 5.11 Å². The van der Waals surface area contributed by atoms with E-state index in [2.05, 4.69) is 4.90 Å². The van der Waals surface area contributed by atoms with Gasteiger partial charge in [0.1, 0.15) is 0 Å². The lowest BCUT2D eigenvalue weighted by atomic mass is 9.83. The van der Waals surface area contributed by atoms with E-state index in [1.807, 2.05) is 0 Å². The molecule has 0 spiro atoms. The minimum Gasteiger partial charge on any atom is -0.390 e. The minimum absolute atomic E-state index is 0.329. The summed E-state index contributed by atoms with van der Waals surface area (Å²) in [6.07, 6.45) is 9.36. The molecule has 94 valence electrons. The number of β-amino-alcohol motifs (C(OH)–C–C–N with tert-alkyl or cyclic N) is 1. The second-order valence-corrected chi connectivity index (χ2v) is 5.49. The average molecular weight is 226 g/mol. The van der Waals surface area contributed by atoms with E-state index in [1.165, 1.54) is 44.9 Å². The van der Waals surface area contributed by atoms with Crippen molar-refractivity contribution in [1.29, 1.82) is 0 Å². The van der Waals surface area contributed by atoms with Crippen LogP contribution >= 0.6 is 0 Å². The van der Waals surface area contributed by atoms with Crippen LogP contribution in [0.3, 0.4) is 0 Å². The van der Waals surface area contributed by atoms with Crippen LogP contribution < -0.4 is 5.73 Å². The second-order valence-electron chi connectivity index (χ2n) is 5.49. The van der Waals surface area contributed by atoms with Crippen LogP contribution in [0.4, 0.5) is 0 Å². The summed E-state index contributed by atoms with van der Waals surface area (Å²) >= 11 is 0. The van der Waals surface area contributed by atoms with Gasteiger partial charge in [-0.05, 0) is 38.1 Å². The van der Waals surface area contributed by atoms with Crippen molar-refractivity contribution in [3.05, 3.63) is 0 Å². The van der Waals surface area contributed by atoms with Gasteiger partial charge >= 0.3 is 0 Å². The molecule has 1 heterocycles. The summed E-state index contributed by atoms with van der Waals surface area (Å²) in [4.78, 5) is 2.49. The van der Waals surface area contributed by atoms with Crippen molar-refractivity contribution in [2.24, 2.45) is 11.7 Å². The molecule has 0 unspecified atom stereocenters. The van der Waals surface area contributed by atoms with E-state index in [1.54, 1.807) is 0 Å². The SMILES string of the molecule is NC[C@H](O)CN1CCC[C@@H]1C1CCCCC1. The maximum absolute atomic E-state index is 9.67. The van der Waals surface area contributed by atoms with Crippen molar-refractivity contribution >= 4 is 0 Å². The first-order valence-corrected chi connectivity index (χ1v) is 6.93. The third kappa shape index (κ3) is 2.96. The van der Waals surface area contributed by atoms with E-state index < -0.39 is 0 Å². The molecule has 2 rings (SSSR count). The molecule has 0 aromatic heterocycles. The Morgan fingerprint density at radius 3 is 2.56 bits per heavy atom. The highest BCUT2D eigenvalue weighted by Crippen LogP contribution is 2.34. The van der Waals surface area contributed by atoms with Gasteiger partial charge in [-0.1, -0.05) is 19.3 Å². The lowest BCUT2D eigenvalue weighted by Crippen LogP contribution is -2.42. The van der Waals surface area contributed by atoms with Gasteiger partial charge in [0.25, 0.3) is 0 Å². The Morgan fingerprint density at radius 2 is 1.88 bits per heavy atom. The normalized spacial score (nSPS) is 30.8. The molecule has 3 heteroatoms. The third-order valence-corrected chi connectivity index (χ3v) is 4.33. The predicted molar refractivity (Wildman–Crippen MR) is 66.2 cm³/mol. The van der Waals surface area contributed by atoms with Crippen LogP contribution in [0.5, 0.6) is 0 Å². The number of hydrogen-bond donors (Lipinski definition) is 2. The van der Waals surface area contributed by atoms with E-state index in [0.29, 0.717) is 6.54 Å². The standard InChI is InChI=1S/C13H26N2O/c14-9-12(16)10-15-8-4-7-13(15)11-5-2-1-3-6-11/h11-13,16H,1-10,14H2/t12-,13+/m0/s1. The lowest BCUT2D eigenvalue weighted by Gasteiger charge is -2.34. The first-order valence-electron chi connectivity index (χ1n) is 6.93. The van der Waals surface area contributed by atoms with Crippen LogP contribution in [0.1, 0.15) is 44.9 Å². The van der Waals surface area contributed by atoms with Crippen LogP contribution in [0.2, 0.25) is 0 Å². The Hall–Kier alpha value is -0.120. The Labute approximate surface area is 99.0 Å². The average Bonchev–Trinajstić information content (AvgIpc) is 2.78. The van der Waals surface area contributed by atoms with Crippen LogP contribution in [-0.2, 0) is 0 Å². The Balaban J connectivity index is 1.86. The monoisotopic (exact) mass is 226 g/mol. The van der Waals surface area contributed by atoms with Crippen molar-refractivity contribution in [3.63, 3.8) is 0 Å². The molecule has 0 aromatic carbocycles. The highest BCUT2D eigenvalue weighted by molar-refractivity contribution is 4.87. The van der Waals surface area contributed by atoms with Gasteiger partial charge in [-0.3, -0.25) is 4.90 Å². The summed E-state index contributed by atoms with van der Waals surface area (Å²) in [6.45, 7) is 2.35. The molecule has 1 aliphatic heterocycles. The molecule has 0 radical (unpaired) electrons. The first-order chi connectivity index (χ1) is 7.81. The number of nitrogens with two attached hydrogens (primary N) is 1. The van der Waals surface area contributed by atoms with Gasteiger partial charge in [-0.2, -0.15) is 0 Å². The second kappa shape index (κ2) is 5.99. The zero-order chi connectivity index (χ0) is 11.4. The van der Waals surface area contributed by atoms with Crippen LogP contribution in [0.15, 0.2) is 0 Å². The topological polar surface area (TPSA) is 49.5 Å². The van der Waals surface area contributed by atoms with Crippen molar-refractivity contribution in [2.45, 2.75) is 57.1 Å². The number of likely N-dealkylation sites (tertiary alicyclic amines) is 1. The fourth-order valence-electron chi connectivity index (χ4n) is 3.48. The van der Waals surface area contributed by atoms with Crippen molar-refractivity contribution in [3.8, 4) is 0 Å². The fraction of sp³-hybridized carbons (Fsp3) is 1.00. The van der Waals surface area contributed by atoms with Crippen molar-refractivity contribution in [1.82, 2.24) is 4.90 Å². The third-order valence-electron chi connectivity index (χ3n) is 4.33. The molecule has 0 amide bonds. The number of rotatable bonds is 4. The highest BCUT2D eigenvalue weighted by atomic mass is 16.3. The number of aliphatic hydroxyl groups excluding tert-OH is 1. The summed E-state index contributed by atoms with van der Waals surface area (Å²) in [6, 6.07) is 0.737. The van der Waals surface area contributed by atoms with E-state index in [0.717, 1.165) is 25.0 Å². The molecular formula is C13H26N2O. The van der Waals surface area contributed by atoms with Gasteiger partial charge in [0.05, 0.1) is 6.10 Å². The van der Waals surface area contributed by atoms with Gasteiger partial charge in [0.2, 0.25) is 0 Å². The van der Waals surface area contributed by atoms with E-state index in [4.69, 9.17) is 5.73 Å². The van der Waals surface area contributed by atoms with E-state index in [9.17, 15) is 5.11 Å². The quantitative estimate of drug-likeness (QED) is 0.761. The fourth-order valence-corrected chi connectivity index (χ4v) is 3.48. The lowest BCUT2D eigenvalue weighted by molar-refractivity contribution is 0.0846. The molecule has 2 fully saturated rings. The summed E-state index contributed by atoms with van der Waals surface area (Å²) in [5, 5.41) is 9.67. The molecule has 1 aliphatic carbocycles. The number of nitrogens with zero attached hydrogens (tertiary/aromatic N) is 1. The molecule has 16 heavy (non-hydrogen) atoms. The Morgan fingerprint density at radius 1 is 1.12 bits per heavy atom. The molecule has 3 N–H and O–H groups in total. The molecule has 2 atom stereocenters. The van der Waals surface area contributed by atoms with Crippen LogP contribution in [0, 0.1) is 5.92 Å². The maximum atomic E-state index is 9.67. The summed E-state index contributed by atoms with van der Waals surface area (Å²) in [5.41, 5.74) is 5.50. The summed E-state index contributed by atoms with van der Waals surface area (Å²) < 4.78 is 0. The highest BCUT2D eigenvalue weighted by Gasteiger charge is 2.32. The first kappa shape index (κ1) is 12.3. The molecule has 1 saturated heterocycles. The molecule has 0 bridgehead atoms. The summed E-state index contributed by atoms with van der Waals surface area (Å²) in [5.74, 6) is 0.890. The largest absolute Gasteiger partial charge is 0.390 e. The van der Waals surface area contributed by atoms with E-state index >= 15 is 0 Å².